The molecule has 5 rings (SSSR count). The number of ether oxygens (including phenoxy) is 4. The largest absolute Gasteiger partial charge is 0.493 e. The highest BCUT2D eigenvalue weighted by Crippen LogP contribution is 2.68. The molecule has 3 aliphatic carbocycles. The van der Waals surface area contributed by atoms with Gasteiger partial charge in [0.15, 0.2) is 17.6 Å². The predicted octanol–water partition coefficient (Wildman–Crippen LogP) is 0.767. The Kier molecular flexibility index (Phi) is 6.35. The molecule has 1 saturated carbocycles. The smallest absolute Gasteiger partial charge is 0.321 e. The number of carboxylic acid groups (broad SMARTS) is 2. The normalized spacial score (nSPS) is 29.6. The molecule has 0 unspecified atom stereocenters. The van der Waals surface area contributed by atoms with Gasteiger partial charge in [0.05, 0.1) is 25.4 Å². The first-order chi connectivity index (χ1) is 18.0. The topological polar surface area (TPSA) is 198 Å². The van der Waals surface area contributed by atoms with E-state index in [4.69, 9.17) is 35.5 Å². The number of rotatable bonds is 9. The molecule has 12 nitrogen and oxygen atoms in total. The molecule has 1 heterocycles. The van der Waals surface area contributed by atoms with Gasteiger partial charge in [-0.2, -0.15) is 0 Å². The van der Waals surface area contributed by atoms with Crippen LogP contribution in [0.15, 0.2) is 24.0 Å². The van der Waals surface area contributed by atoms with Crippen LogP contribution in [0.4, 0.5) is 0 Å². The lowest BCUT2D eigenvalue weighted by molar-refractivity contribution is -0.201. The standard InChI is InChI=1S/C26H30N2O10/c1-35-16-5-4-12-9-13-3-2-7-25-20(12)21(16)37-22(25)17(36-18(29)10-14(27)23(31)32)6-8-26(13,25)38-19(30)11-15(28)24(33)34/h4-6,13-15,22H,2-3,7-11,27-28H2,1H3,(H,31,32)(H,33,34)/t13-,14+,15+,22+,25+,26-/m1/s1. The van der Waals surface area contributed by atoms with Gasteiger partial charge in [0.25, 0.3) is 0 Å². The maximum Gasteiger partial charge on any atom is 0.321 e. The van der Waals surface area contributed by atoms with Crippen LogP contribution in [-0.2, 0) is 40.5 Å². The van der Waals surface area contributed by atoms with Crippen molar-refractivity contribution in [3.05, 3.63) is 35.1 Å². The van der Waals surface area contributed by atoms with Crippen LogP contribution in [0.25, 0.3) is 0 Å². The van der Waals surface area contributed by atoms with Crippen LogP contribution in [0, 0.1) is 5.92 Å². The fourth-order valence-electron chi connectivity index (χ4n) is 6.82. The molecule has 4 aliphatic rings. The zero-order chi connectivity index (χ0) is 27.4. The summed E-state index contributed by atoms with van der Waals surface area (Å²) in [5.41, 5.74) is 11.0. The van der Waals surface area contributed by atoms with E-state index < -0.39 is 65.9 Å². The fourth-order valence-corrected chi connectivity index (χ4v) is 6.82. The summed E-state index contributed by atoms with van der Waals surface area (Å²) in [5.74, 6) is -3.16. The lowest BCUT2D eigenvalue weighted by Crippen LogP contribution is -2.69. The lowest BCUT2D eigenvalue weighted by atomic mass is 9.46. The molecule has 0 saturated heterocycles. The summed E-state index contributed by atoms with van der Waals surface area (Å²) in [4.78, 5) is 48.2. The van der Waals surface area contributed by atoms with E-state index in [1.165, 1.54) is 7.11 Å². The van der Waals surface area contributed by atoms with Gasteiger partial charge < -0.3 is 40.6 Å². The summed E-state index contributed by atoms with van der Waals surface area (Å²) < 4.78 is 24.0. The van der Waals surface area contributed by atoms with Crippen molar-refractivity contribution in [2.75, 3.05) is 7.11 Å². The third-order valence-corrected chi connectivity index (χ3v) is 8.36. The Balaban J connectivity index is 1.59. The number of aliphatic carboxylic acids is 2. The Morgan fingerprint density at radius 3 is 2.45 bits per heavy atom. The molecular formula is C26H30N2O10. The lowest BCUT2D eigenvalue weighted by Gasteiger charge is -2.60. The first-order valence-corrected chi connectivity index (χ1v) is 12.5. The van der Waals surface area contributed by atoms with Gasteiger partial charge >= 0.3 is 23.9 Å². The van der Waals surface area contributed by atoms with E-state index in [0.29, 0.717) is 24.3 Å². The van der Waals surface area contributed by atoms with Crippen LogP contribution in [0.2, 0.25) is 0 Å². The van der Waals surface area contributed by atoms with Crippen LogP contribution in [0.5, 0.6) is 11.5 Å². The molecule has 6 atom stereocenters. The molecule has 2 bridgehead atoms. The number of hydrogen-bond acceptors (Lipinski definition) is 10. The number of esters is 2. The van der Waals surface area contributed by atoms with E-state index in [1.807, 2.05) is 12.1 Å². The van der Waals surface area contributed by atoms with Crippen LogP contribution in [0.3, 0.4) is 0 Å². The van der Waals surface area contributed by atoms with Crippen molar-refractivity contribution in [3.63, 3.8) is 0 Å². The molecule has 1 fully saturated rings. The molecule has 0 aromatic heterocycles. The molecule has 1 spiro atoms. The highest BCUT2D eigenvalue weighted by molar-refractivity contribution is 5.82. The maximum absolute atomic E-state index is 13.1. The second-order valence-electron chi connectivity index (χ2n) is 10.3. The van der Waals surface area contributed by atoms with Gasteiger partial charge in [0, 0.05) is 17.9 Å². The zero-order valence-electron chi connectivity index (χ0n) is 20.8. The SMILES string of the molecule is COc1ccc2c3c1O[C@H]1C(OC(=O)C[C@H](N)C(=O)O)=CC[C@@]4(OC(=O)C[C@H](N)C(=O)O)[C@H](CCC[C@]314)C2. The summed E-state index contributed by atoms with van der Waals surface area (Å²) in [7, 11) is 1.51. The Morgan fingerprint density at radius 1 is 1.11 bits per heavy atom. The molecule has 6 N–H and O–H groups in total. The number of carbonyl (C=O) groups excluding carboxylic acids is 2. The summed E-state index contributed by atoms with van der Waals surface area (Å²) >= 11 is 0. The minimum atomic E-state index is -1.43. The Morgan fingerprint density at radius 2 is 1.79 bits per heavy atom. The van der Waals surface area contributed by atoms with Crippen LogP contribution >= 0.6 is 0 Å². The summed E-state index contributed by atoms with van der Waals surface area (Å²) in [6, 6.07) is 0.938. The van der Waals surface area contributed by atoms with Crippen LogP contribution in [-0.4, -0.2) is 65.0 Å². The minimum Gasteiger partial charge on any atom is -0.493 e. The van der Waals surface area contributed by atoms with Gasteiger partial charge in [-0.25, -0.2) is 0 Å². The monoisotopic (exact) mass is 530 g/mol. The van der Waals surface area contributed by atoms with Crippen molar-refractivity contribution >= 4 is 23.9 Å². The molecule has 1 aromatic rings. The van der Waals surface area contributed by atoms with Gasteiger partial charge in [0.2, 0.25) is 0 Å². The number of carbonyl (C=O) groups is 4. The van der Waals surface area contributed by atoms with Crippen molar-refractivity contribution in [2.24, 2.45) is 17.4 Å². The second-order valence-corrected chi connectivity index (χ2v) is 10.3. The average Bonchev–Trinajstić information content (AvgIpc) is 3.20. The highest BCUT2D eigenvalue weighted by atomic mass is 16.6. The Hall–Kier alpha value is -3.64. The summed E-state index contributed by atoms with van der Waals surface area (Å²) in [6.45, 7) is 0. The Bertz CT molecular complexity index is 1240. The predicted molar refractivity (Wildman–Crippen MR) is 128 cm³/mol. The van der Waals surface area contributed by atoms with Crippen LogP contribution < -0.4 is 20.9 Å². The summed E-state index contributed by atoms with van der Waals surface area (Å²) in [6.07, 6.45) is 2.64. The van der Waals surface area contributed by atoms with E-state index in [0.717, 1.165) is 24.0 Å². The van der Waals surface area contributed by atoms with E-state index >= 15 is 0 Å². The first-order valence-electron chi connectivity index (χ1n) is 12.5. The molecule has 1 aromatic carbocycles. The van der Waals surface area contributed by atoms with Crippen molar-refractivity contribution in [3.8, 4) is 11.5 Å². The van der Waals surface area contributed by atoms with E-state index in [1.54, 1.807) is 6.08 Å². The first kappa shape index (κ1) is 26.0. The molecule has 1 aliphatic heterocycles. The molecule has 38 heavy (non-hydrogen) atoms. The zero-order valence-corrected chi connectivity index (χ0v) is 20.8. The van der Waals surface area contributed by atoms with Gasteiger partial charge in [-0.05, 0) is 37.0 Å². The highest BCUT2D eigenvalue weighted by Gasteiger charge is 2.73. The summed E-state index contributed by atoms with van der Waals surface area (Å²) in [5, 5.41) is 18.3. The molecule has 12 heteroatoms. The minimum absolute atomic E-state index is 0.104. The quantitative estimate of drug-likeness (QED) is 0.328. The van der Waals surface area contributed by atoms with E-state index in [9.17, 15) is 24.3 Å². The van der Waals surface area contributed by atoms with Crippen molar-refractivity contribution in [1.29, 1.82) is 0 Å². The molecule has 204 valence electrons. The van der Waals surface area contributed by atoms with Gasteiger partial charge in [-0.1, -0.05) is 12.5 Å². The number of methoxy groups -OCH3 is 1. The third-order valence-electron chi connectivity index (χ3n) is 8.36. The number of hydrogen-bond donors (Lipinski definition) is 4. The Labute approximate surface area is 217 Å². The van der Waals surface area contributed by atoms with Crippen molar-refractivity contribution in [2.45, 2.75) is 74.1 Å². The van der Waals surface area contributed by atoms with Crippen molar-refractivity contribution < 1.29 is 48.3 Å². The van der Waals surface area contributed by atoms with Gasteiger partial charge in [-0.15, -0.1) is 0 Å². The van der Waals surface area contributed by atoms with Gasteiger partial charge in [-0.3, -0.25) is 19.2 Å². The number of carboxylic acids is 2. The third kappa shape index (κ3) is 3.73. The number of nitrogens with two attached hydrogens (primary N) is 2. The number of benzene rings is 1. The second kappa shape index (κ2) is 9.28. The average molecular weight is 531 g/mol. The van der Waals surface area contributed by atoms with Crippen LogP contribution in [0.1, 0.15) is 49.7 Å². The van der Waals surface area contributed by atoms with Crippen molar-refractivity contribution in [1.82, 2.24) is 0 Å². The maximum atomic E-state index is 13.1. The molecular weight excluding hydrogens is 500 g/mol. The van der Waals surface area contributed by atoms with E-state index in [-0.39, 0.29) is 18.1 Å². The molecule has 0 radical (unpaired) electrons. The van der Waals surface area contributed by atoms with Gasteiger partial charge in [0.1, 0.15) is 23.4 Å². The molecule has 0 amide bonds. The fraction of sp³-hybridized carbons (Fsp3) is 0.538. The van der Waals surface area contributed by atoms with E-state index in [2.05, 4.69) is 0 Å².